The van der Waals surface area contributed by atoms with Crippen LogP contribution in [0.5, 0.6) is 0 Å². The fraction of sp³-hybridized carbons (Fsp3) is 0.545. The molecule has 0 saturated heterocycles. The first-order valence-electron chi connectivity index (χ1n) is 5.34. The Morgan fingerprint density at radius 1 is 1.44 bits per heavy atom. The van der Waals surface area contributed by atoms with E-state index in [9.17, 15) is 8.42 Å². The molecule has 0 aliphatic carbocycles. The average molecular weight is 242 g/mol. The number of hydrogen-bond acceptors (Lipinski definition) is 4. The van der Waals surface area contributed by atoms with Gasteiger partial charge in [0.1, 0.15) is 5.37 Å². The van der Waals surface area contributed by atoms with Gasteiger partial charge in [-0.15, -0.1) is 0 Å². The molecule has 0 radical (unpaired) electrons. The molecular weight excluding hydrogens is 224 g/mol. The highest BCUT2D eigenvalue weighted by atomic mass is 32.2. The molecule has 0 aromatic carbocycles. The van der Waals surface area contributed by atoms with Crippen molar-refractivity contribution in [2.24, 2.45) is 5.73 Å². The van der Waals surface area contributed by atoms with Gasteiger partial charge in [0, 0.05) is 23.7 Å². The third kappa shape index (κ3) is 3.57. The summed E-state index contributed by atoms with van der Waals surface area (Å²) in [5.41, 5.74) is 7.12. The molecule has 1 unspecified atom stereocenters. The Morgan fingerprint density at radius 3 is 2.56 bits per heavy atom. The highest BCUT2D eigenvalue weighted by molar-refractivity contribution is 7.90. The van der Waals surface area contributed by atoms with Crippen molar-refractivity contribution in [3.63, 3.8) is 0 Å². The zero-order valence-corrected chi connectivity index (χ0v) is 10.5. The lowest BCUT2D eigenvalue weighted by Gasteiger charge is -2.09. The van der Waals surface area contributed by atoms with Crippen LogP contribution in [-0.4, -0.2) is 19.7 Å². The molecule has 90 valence electrons. The molecule has 1 heterocycles. The minimum Gasteiger partial charge on any atom is -0.311 e. The minimum atomic E-state index is -3.25. The second-order valence-corrected chi connectivity index (χ2v) is 6.10. The number of pyridine rings is 1. The van der Waals surface area contributed by atoms with E-state index in [1.54, 1.807) is 12.3 Å². The quantitative estimate of drug-likeness (QED) is 0.847. The van der Waals surface area contributed by atoms with Crippen LogP contribution >= 0.6 is 0 Å². The Morgan fingerprint density at radius 2 is 2.12 bits per heavy atom. The van der Waals surface area contributed by atoms with Gasteiger partial charge >= 0.3 is 0 Å². The minimum absolute atomic E-state index is 0.544. The largest absolute Gasteiger partial charge is 0.311 e. The third-order valence-corrected chi connectivity index (χ3v) is 3.62. The van der Waals surface area contributed by atoms with Crippen LogP contribution in [0.1, 0.15) is 36.4 Å². The molecule has 1 rings (SSSR count). The number of rotatable bonds is 5. The molecule has 1 aromatic heterocycles. The maximum absolute atomic E-state index is 11.2. The fourth-order valence-electron chi connectivity index (χ4n) is 1.36. The van der Waals surface area contributed by atoms with E-state index in [1.807, 2.05) is 6.07 Å². The molecule has 0 saturated carbocycles. The van der Waals surface area contributed by atoms with Gasteiger partial charge in [-0.2, -0.15) is 0 Å². The van der Waals surface area contributed by atoms with Crippen LogP contribution in [0, 0.1) is 0 Å². The molecule has 0 fully saturated rings. The number of nitrogens with two attached hydrogens (primary N) is 1. The lowest BCUT2D eigenvalue weighted by molar-refractivity contribution is 0.589. The summed E-state index contributed by atoms with van der Waals surface area (Å²) in [6.07, 6.45) is 5.81. The Bertz CT molecular complexity index is 426. The monoisotopic (exact) mass is 242 g/mol. The van der Waals surface area contributed by atoms with E-state index in [0.717, 1.165) is 31.2 Å². The Balaban J connectivity index is 2.79. The smallest absolute Gasteiger partial charge is 0.167 e. The maximum Gasteiger partial charge on any atom is 0.167 e. The standard InChI is InChI=1S/C11H18N2O2S/c1-3-4-5-10-7-6-9(8-13-10)11(12)16(2,14)15/h6-8,11H,3-5,12H2,1-2H3. The number of sulfone groups is 1. The Hall–Kier alpha value is -0.940. The van der Waals surface area contributed by atoms with E-state index in [-0.39, 0.29) is 0 Å². The van der Waals surface area contributed by atoms with E-state index >= 15 is 0 Å². The molecule has 0 bridgehead atoms. The first kappa shape index (κ1) is 13.1. The van der Waals surface area contributed by atoms with Gasteiger partial charge in [-0.25, -0.2) is 8.42 Å². The summed E-state index contributed by atoms with van der Waals surface area (Å²) in [5, 5.41) is -0.972. The number of aryl methyl sites for hydroxylation is 1. The van der Waals surface area contributed by atoms with Crippen molar-refractivity contribution < 1.29 is 8.42 Å². The second kappa shape index (κ2) is 5.41. The van der Waals surface area contributed by atoms with Crippen LogP contribution in [-0.2, 0) is 16.3 Å². The van der Waals surface area contributed by atoms with Gasteiger partial charge in [0.15, 0.2) is 9.84 Å². The highest BCUT2D eigenvalue weighted by Crippen LogP contribution is 2.15. The van der Waals surface area contributed by atoms with Gasteiger partial charge < -0.3 is 5.73 Å². The molecular formula is C11H18N2O2S. The van der Waals surface area contributed by atoms with E-state index < -0.39 is 15.2 Å². The van der Waals surface area contributed by atoms with Crippen molar-refractivity contribution in [1.29, 1.82) is 0 Å². The number of nitrogens with zero attached hydrogens (tertiary/aromatic N) is 1. The lowest BCUT2D eigenvalue weighted by atomic mass is 10.1. The molecule has 1 atom stereocenters. The molecule has 4 nitrogen and oxygen atoms in total. The van der Waals surface area contributed by atoms with E-state index in [4.69, 9.17) is 5.73 Å². The van der Waals surface area contributed by atoms with Gasteiger partial charge in [0.05, 0.1) is 0 Å². The van der Waals surface area contributed by atoms with Crippen LogP contribution < -0.4 is 5.73 Å². The molecule has 0 spiro atoms. The van der Waals surface area contributed by atoms with Gasteiger partial charge in [-0.1, -0.05) is 19.4 Å². The number of unbranched alkanes of at least 4 members (excludes halogenated alkanes) is 1. The van der Waals surface area contributed by atoms with Crippen molar-refractivity contribution in [2.75, 3.05) is 6.26 Å². The summed E-state index contributed by atoms with van der Waals surface area (Å²) < 4.78 is 22.5. The molecule has 0 amide bonds. The fourth-order valence-corrected chi connectivity index (χ4v) is 1.99. The van der Waals surface area contributed by atoms with Crippen LogP contribution in [0.2, 0.25) is 0 Å². The predicted octanol–water partition coefficient (Wildman–Crippen LogP) is 1.43. The molecule has 5 heteroatoms. The van der Waals surface area contributed by atoms with Crippen molar-refractivity contribution >= 4 is 9.84 Å². The van der Waals surface area contributed by atoms with Crippen LogP contribution in [0.4, 0.5) is 0 Å². The van der Waals surface area contributed by atoms with Crippen molar-refractivity contribution in [3.05, 3.63) is 29.6 Å². The van der Waals surface area contributed by atoms with Gasteiger partial charge in [0.2, 0.25) is 0 Å². The Kier molecular flexibility index (Phi) is 4.44. The average Bonchev–Trinajstić information content (AvgIpc) is 2.25. The van der Waals surface area contributed by atoms with Crippen LogP contribution in [0.15, 0.2) is 18.3 Å². The lowest BCUT2D eigenvalue weighted by Crippen LogP contribution is -2.20. The predicted molar refractivity (Wildman–Crippen MR) is 64.6 cm³/mol. The van der Waals surface area contributed by atoms with Gasteiger partial charge in [-0.05, 0) is 18.9 Å². The van der Waals surface area contributed by atoms with Crippen LogP contribution in [0.25, 0.3) is 0 Å². The zero-order chi connectivity index (χ0) is 12.2. The molecule has 1 aromatic rings. The summed E-state index contributed by atoms with van der Waals surface area (Å²) in [6.45, 7) is 2.12. The summed E-state index contributed by atoms with van der Waals surface area (Å²) in [7, 11) is -3.25. The number of aromatic nitrogens is 1. The van der Waals surface area contributed by atoms with E-state index in [2.05, 4.69) is 11.9 Å². The third-order valence-electron chi connectivity index (χ3n) is 2.42. The maximum atomic E-state index is 11.2. The normalized spacial score (nSPS) is 13.7. The topological polar surface area (TPSA) is 73.1 Å². The van der Waals surface area contributed by atoms with Gasteiger partial charge in [0.25, 0.3) is 0 Å². The molecule has 2 N–H and O–H groups in total. The summed E-state index contributed by atoms with van der Waals surface area (Å²) >= 11 is 0. The van der Waals surface area contributed by atoms with Crippen molar-refractivity contribution in [2.45, 2.75) is 31.6 Å². The number of hydrogen-bond donors (Lipinski definition) is 1. The van der Waals surface area contributed by atoms with Gasteiger partial charge in [-0.3, -0.25) is 4.98 Å². The SMILES string of the molecule is CCCCc1ccc(C(N)S(C)(=O)=O)cn1. The van der Waals surface area contributed by atoms with Crippen molar-refractivity contribution in [1.82, 2.24) is 4.98 Å². The highest BCUT2D eigenvalue weighted by Gasteiger charge is 2.17. The summed E-state index contributed by atoms with van der Waals surface area (Å²) in [4.78, 5) is 4.21. The first-order chi connectivity index (χ1) is 7.45. The molecule has 0 aliphatic heterocycles. The second-order valence-electron chi connectivity index (χ2n) is 3.94. The van der Waals surface area contributed by atoms with E-state index in [0.29, 0.717) is 5.56 Å². The molecule has 16 heavy (non-hydrogen) atoms. The van der Waals surface area contributed by atoms with E-state index in [1.165, 1.54) is 0 Å². The van der Waals surface area contributed by atoms with Crippen LogP contribution in [0.3, 0.4) is 0 Å². The molecule has 0 aliphatic rings. The Labute approximate surface area is 96.8 Å². The summed E-state index contributed by atoms with van der Waals surface area (Å²) in [6, 6.07) is 3.58. The first-order valence-corrected chi connectivity index (χ1v) is 7.30. The van der Waals surface area contributed by atoms with Crippen molar-refractivity contribution in [3.8, 4) is 0 Å². The zero-order valence-electron chi connectivity index (χ0n) is 9.68. The summed E-state index contributed by atoms with van der Waals surface area (Å²) in [5.74, 6) is 0.